The molecule has 0 aliphatic heterocycles. The number of carbonyl (C=O) groups excluding carboxylic acids is 1. The molecule has 0 radical (unpaired) electrons. The second kappa shape index (κ2) is 9.77. The van der Waals surface area contributed by atoms with E-state index in [0.717, 1.165) is 21.7 Å². The highest BCUT2D eigenvalue weighted by Gasteiger charge is 2.13. The van der Waals surface area contributed by atoms with E-state index in [1.54, 1.807) is 41.8 Å². The quantitative estimate of drug-likeness (QED) is 0.338. The van der Waals surface area contributed by atoms with Gasteiger partial charge in [0.2, 0.25) is 0 Å². The van der Waals surface area contributed by atoms with Gasteiger partial charge in [-0.2, -0.15) is 0 Å². The number of aromatic nitrogens is 1. The first-order chi connectivity index (χ1) is 14.4. The lowest BCUT2D eigenvalue weighted by atomic mass is 10.0. The standard InChI is InChI=1S/C21H21N5O3S/c22-17(20(28)29)11-13-4-6-15(7-5-13)18(27)26-21(23)25-12-14-2-1-3-16(10-14)19-24-8-9-30-19/h1-10,17H,11-12,22H2,(H,28,29)(H3,23,25,26,27). The van der Waals surface area contributed by atoms with Crippen LogP contribution in [0, 0.1) is 0 Å². The summed E-state index contributed by atoms with van der Waals surface area (Å²) in [5.41, 5.74) is 14.4. The molecule has 0 saturated carbocycles. The van der Waals surface area contributed by atoms with Crippen LogP contribution in [0.3, 0.4) is 0 Å². The molecule has 1 amide bonds. The summed E-state index contributed by atoms with van der Waals surface area (Å²) in [7, 11) is 0. The van der Waals surface area contributed by atoms with Crippen LogP contribution in [0.1, 0.15) is 21.5 Å². The number of amides is 1. The molecule has 0 fully saturated rings. The SMILES string of the molecule is NC(=NCc1cccc(-c2nccs2)c1)NC(=O)c1ccc(CC(N)C(=O)O)cc1. The fourth-order valence-electron chi connectivity index (χ4n) is 2.71. The number of carboxylic acids is 1. The molecule has 1 unspecified atom stereocenters. The van der Waals surface area contributed by atoms with Gasteiger partial charge in [0.05, 0.1) is 6.54 Å². The van der Waals surface area contributed by atoms with Gasteiger partial charge in [-0.3, -0.25) is 14.9 Å². The van der Waals surface area contributed by atoms with Crippen LogP contribution in [0.25, 0.3) is 10.6 Å². The number of nitrogens with two attached hydrogens (primary N) is 2. The zero-order chi connectivity index (χ0) is 21.5. The highest BCUT2D eigenvalue weighted by molar-refractivity contribution is 7.13. The van der Waals surface area contributed by atoms with E-state index in [-0.39, 0.29) is 12.4 Å². The summed E-state index contributed by atoms with van der Waals surface area (Å²) in [6, 6.07) is 13.3. The lowest BCUT2D eigenvalue weighted by Gasteiger charge is -2.08. The van der Waals surface area contributed by atoms with Gasteiger partial charge in [0.15, 0.2) is 5.96 Å². The van der Waals surface area contributed by atoms with Gasteiger partial charge in [-0.1, -0.05) is 30.3 Å². The molecule has 0 saturated heterocycles. The number of thiazole rings is 1. The van der Waals surface area contributed by atoms with Crippen molar-refractivity contribution in [2.45, 2.75) is 19.0 Å². The monoisotopic (exact) mass is 423 g/mol. The first-order valence-corrected chi connectivity index (χ1v) is 9.98. The van der Waals surface area contributed by atoms with E-state index >= 15 is 0 Å². The van der Waals surface area contributed by atoms with Crippen molar-refractivity contribution in [1.29, 1.82) is 0 Å². The Morgan fingerprint density at radius 3 is 2.60 bits per heavy atom. The largest absolute Gasteiger partial charge is 0.480 e. The highest BCUT2D eigenvalue weighted by atomic mass is 32.1. The topological polar surface area (TPSA) is 144 Å². The van der Waals surface area contributed by atoms with Crippen molar-refractivity contribution in [1.82, 2.24) is 10.3 Å². The minimum Gasteiger partial charge on any atom is -0.480 e. The highest BCUT2D eigenvalue weighted by Crippen LogP contribution is 2.22. The molecule has 0 aliphatic rings. The van der Waals surface area contributed by atoms with Crippen LogP contribution < -0.4 is 16.8 Å². The van der Waals surface area contributed by atoms with Crippen LogP contribution in [0.4, 0.5) is 0 Å². The molecule has 8 nitrogen and oxygen atoms in total. The molecule has 0 aliphatic carbocycles. The van der Waals surface area contributed by atoms with Gasteiger partial charge in [-0.25, -0.2) is 9.98 Å². The smallest absolute Gasteiger partial charge is 0.320 e. The Bertz CT molecular complexity index is 1050. The average Bonchev–Trinajstić information content (AvgIpc) is 3.28. The molecule has 30 heavy (non-hydrogen) atoms. The van der Waals surface area contributed by atoms with Gasteiger partial charge in [0.1, 0.15) is 11.0 Å². The number of nitrogens with one attached hydrogen (secondary N) is 1. The predicted octanol–water partition coefficient (Wildman–Crippen LogP) is 2.01. The summed E-state index contributed by atoms with van der Waals surface area (Å²) in [4.78, 5) is 31.7. The van der Waals surface area contributed by atoms with Gasteiger partial charge >= 0.3 is 5.97 Å². The summed E-state index contributed by atoms with van der Waals surface area (Å²) in [5.74, 6) is -1.46. The Balaban J connectivity index is 1.58. The Morgan fingerprint density at radius 2 is 1.93 bits per heavy atom. The maximum atomic E-state index is 12.3. The molecule has 0 bridgehead atoms. The van der Waals surface area contributed by atoms with Crippen molar-refractivity contribution in [3.8, 4) is 10.6 Å². The summed E-state index contributed by atoms with van der Waals surface area (Å²) < 4.78 is 0. The van der Waals surface area contributed by atoms with Gasteiger partial charge in [-0.15, -0.1) is 11.3 Å². The van der Waals surface area contributed by atoms with Crippen LogP contribution in [0.5, 0.6) is 0 Å². The van der Waals surface area contributed by atoms with E-state index in [4.69, 9.17) is 16.6 Å². The normalized spacial score (nSPS) is 12.4. The molecule has 0 spiro atoms. The number of hydrogen-bond acceptors (Lipinski definition) is 6. The summed E-state index contributed by atoms with van der Waals surface area (Å²) in [6.07, 6.45) is 1.94. The number of rotatable bonds is 7. The van der Waals surface area contributed by atoms with E-state index in [1.807, 2.05) is 29.6 Å². The van der Waals surface area contributed by atoms with E-state index < -0.39 is 17.9 Å². The number of aliphatic imine (C=N–C) groups is 1. The van der Waals surface area contributed by atoms with Crippen molar-refractivity contribution < 1.29 is 14.7 Å². The van der Waals surface area contributed by atoms with Crippen molar-refractivity contribution in [2.24, 2.45) is 16.5 Å². The molecule has 3 rings (SSSR count). The average molecular weight is 423 g/mol. The van der Waals surface area contributed by atoms with Crippen LogP contribution in [0.15, 0.2) is 65.1 Å². The maximum absolute atomic E-state index is 12.3. The van der Waals surface area contributed by atoms with Crippen molar-refractivity contribution >= 4 is 29.2 Å². The van der Waals surface area contributed by atoms with Crippen LogP contribution in [0.2, 0.25) is 0 Å². The van der Waals surface area contributed by atoms with E-state index in [1.165, 1.54) is 0 Å². The molecular formula is C21H21N5O3S. The van der Waals surface area contributed by atoms with E-state index in [9.17, 15) is 9.59 Å². The second-order valence-corrected chi connectivity index (χ2v) is 7.43. The zero-order valence-corrected chi connectivity index (χ0v) is 16.8. The molecule has 154 valence electrons. The number of hydrogen-bond donors (Lipinski definition) is 4. The lowest BCUT2D eigenvalue weighted by Crippen LogP contribution is -2.36. The molecule has 9 heteroatoms. The second-order valence-electron chi connectivity index (χ2n) is 6.54. The van der Waals surface area contributed by atoms with Crippen molar-refractivity contribution in [3.63, 3.8) is 0 Å². The molecule has 2 aromatic carbocycles. The fourth-order valence-corrected chi connectivity index (χ4v) is 3.34. The third kappa shape index (κ3) is 5.72. The van der Waals surface area contributed by atoms with Crippen LogP contribution in [-0.4, -0.2) is 34.0 Å². The third-order valence-electron chi connectivity index (χ3n) is 4.27. The Hall–Kier alpha value is -3.56. The summed E-state index contributed by atoms with van der Waals surface area (Å²) in [5, 5.41) is 14.3. The molecular weight excluding hydrogens is 402 g/mol. The third-order valence-corrected chi connectivity index (χ3v) is 5.09. The van der Waals surface area contributed by atoms with Crippen LogP contribution >= 0.6 is 11.3 Å². The molecule has 3 aromatic rings. The molecule has 6 N–H and O–H groups in total. The number of carboxylic acid groups (broad SMARTS) is 1. The number of benzene rings is 2. The predicted molar refractivity (Wildman–Crippen MR) is 116 cm³/mol. The Labute approximate surface area is 177 Å². The van der Waals surface area contributed by atoms with Crippen molar-refractivity contribution in [3.05, 3.63) is 76.8 Å². The van der Waals surface area contributed by atoms with E-state index in [0.29, 0.717) is 12.1 Å². The van der Waals surface area contributed by atoms with Gasteiger partial charge in [-0.05, 0) is 35.7 Å². The Morgan fingerprint density at radius 1 is 1.17 bits per heavy atom. The molecule has 1 atom stereocenters. The van der Waals surface area contributed by atoms with Gasteiger partial charge in [0, 0.05) is 22.7 Å². The van der Waals surface area contributed by atoms with Gasteiger partial charge < -0.3 is 16.6 Å². The summed E-state index contributed by atoms with van der Waals surface area (Å²) in [6.45, 7) is 0.317. The van der Waals surface area contributed by atoms with Gasteiger partial charge in [0.25, 0.3) is 5.91 Å². The Kier molecular flexibility index (Phi) is 6.89. The minimum atomic E-state index is -1.07. The first kappa shape index (κ1) is 21.2. The number of aliphatic carboxylic acids is 1. The lowest BCUT2D eigenvalue weighted by molar-refractivity contribution is -0.138. The summed E-state index contributed by atoms with van der Waals surface area (Å²) >= 11 is 1.56. The van der Waals surface area contributed by atoms with E-state index in [2.05, 4.69) is 15.3 Å². The number of carbonyl (C=O) groups is 2. The van der Waals surface area contributed by atoms with Crippen molar-refractivity contribution in [2.75, 3.05) is 0 Å². The molecule has 1 aromatic heterocycles. The first-order valence-electron chi connectivity index (χ1n) is 9.10. The number of nitrogens with zero attached hydrogens (tertiary/aromatic N) is 2. The fraction of sp³-hybridized carbons (Fsp3) is 0.143. The zero-order valence-electron chi connectivity index (χ0n) is 16.0. The number of guanidine groups is 1. The van der Waals surface area contributed by atoms with Crippen LogP contribution in [-0.2, 0) is 17.8 Å². The minimum absolute atomic E-state index is 0.0108. The maximum Gasteiger partial charge on any atom is 0.320 e. The molecule has 1 heterocycles.